The second kappa shape index (κ2) is 5.94. The number of halogens is 1. The Kier molecular flexibility index (Phi) is 4.65. The van der Waals surface area contributed by atoms with Gasteiger partial charge in [0.15, 0.2) is 12.4 Å². The average Bonchev–Trinajstić information content (AvgIpc) is 2.92. The van der Waals surface area contributed by atoms with Gasteiger partial charge in [0.2, 0.25) is 0 Å². The van der Waals surface area contributed by atoms with Crippen molar-refractivity contribution in [2.75, 3.05) is 12.3 Å². The van der Waals surface area contributed by atoms with Crippen LogP contribution in [0.4, 0.5) is 10.3 Å². The van der Waals surface area contributed by atoms with E-state index in [1.165, 1.54) is 10.9 Å². The Morgan fingerprint density at radius 1 is 1.55 bits per heavy atom. The second-order valence-electron chi connectivity index (χ2n) is 4.20. The van der Waals surface area contributed by atoms with Crippen LogP contribution in [0, 0.1) is 6.20 Å². The van der Waals surface area contributed by atoms with Gasteiger partial charge < -0.3 is 35.2 Å². The van der Waals surface area contributed by atoms with Crippen molar-refractivity contribution in [2.45, 2.75) is 24.6 Å². The summed E-state index contributed by atoms with van der Waals surface area (Å²) in [5, 5.41) is 18.6. The molecule has 3 heterocycles. The standard InChI is InChI=1S/C10H11FN5O3.Y/c11-6-7(18)5(2-17)19-9(6)16-3-14-4-1-13-10(12)15-8(4)16;/h3,5-7,9,17-18H,2H2,(H2,12,13,15);/q-1;/t5-,6+,7-,9-;/m1./s1. The first kappa shape index (κ1) is 15.6. The van der Waals surface area contributed by atoms with Crippen LogP contribution in [0.15, 0.2) is 6.33 Å². The number of fused-ring (bicyclic) bond motifs is 1. The molecule has 105 valence electrons. The summed E-state index contributed by atoms with van der Waals surface area (Å²) >= 11 is 0. The molecule has 2 aromatic heterocycles. The summed E-state index contributed by atoms with van der Waals surface area (Å²) in [5.74, 6) is -0.0260. The first-order chi connectivity index (χ1) is 9.11. The Morgan fingerprint density at radius 3 is 2.95 bits per heavy atom. The number of anilines is 1. The molecule has 0 aromatic carbocycles. The van der Waals surface area contributed by atoms with Gasteiger partial charge in [-0.25, -0.2) is 4.39 Å². The van der Waals surface area contributed by atoms with E-state index in [1.54, 1.807) is 0 Å². The van der Waals surface area contributed by atoms with E-state index in [-0.39, 0.29) is 44.3 Å². The van der Waals surface area contributed by atoms with Crippen molar-refractivity contribution in [3.63, 3.8) is 0 Å². The largest absolute Gasteiger partial charge is 0.420 e. The third-order valence-electron chi connectivity index (χ3n) is 3.01. The normalized spacial score (nSPS) is 29.6. The fourth-order valence-electron chi connectivity index (χ4n) is 2.05. The molecule has 0 aliphatic carbocycles. The molecule has 0 unspecified atom stereocenters. The first-order valence-corrected chi connectivity index (χ1v) is 5.58. The molecule has 4 atom stereocenters. The molecule has 1 aliphatic heterocycles. The third-order valence-corrected chi connectivity index (χ3v) is 3.01. The van der Waals surface area contributed by atoms with E-state index in [0.29, 0.717) is 5.52 Å². The summed E-state index contributed by atoms with van der Waals surface area (Å²) in [6.07, 6.45) is -1.36. The van der Waals surface area contributed by atoms with Crippen molar-refractivity contribution in [3.05, 3.63) is 12.5 Å². The molecular formula is C10H11FN5O3Y-. The molecule has 1 radical (unpaired) electrons. The summed E-state index contributed by atoms with van der Waals surface area (Å²) in [6, 6.07) is 0. The number of alkyl halides is 1. The minimum absolute atomic E-state index is 0. The van der Waals surface area contributed by atoms with Crippen LogP contribution < -0.4 is 5.73 Å². The molecule has 0 amide bonds. The zero-order chi connectivity index (χ0) is 13.6. The molecule has 0 spiro atoms. The fourth-order valence-corrected chi connectivity index (χ4v) is 2.05. The summed E-state index contributed by atoms with van der Waals surface area (Å²) in [6.45, 7) is -0.478. The molecular weight excluding hydrogens is 346 g/mol. The number of rotatable bonds is 2. The minimum Gasteiger partial charge on any atom is -0.420 e. The Hall–Kier alpha value is -0.736. The van der Waals surface area contributed by atoms with E-state index in [1.807, 2.05) is 0 Å². The Balaban J connectivity index is 0.00000147. The second-order valence-corrected chi connectivity index (χ2v) is 4.20. The van der Waals surface area contributed by atoms with Crippen LogP contribution in [0.25, 0.3) is 11.2 Å². The maximum Gasteiger partial charge on any atom is 0.172 e. The third kappa shape index (κ3) is 2.44. The van der Waals surface area contributed by atoms with Gasteiger partial charge in [0.1, 0.15) is 18.2 Å². The zero-order valence-electron chi connectivity index (χ0n) is 10.2. The zero-order valence-corrected chi connectivity index (χ0v) is 13.1. The summed E-state index contributed by atoms with van der Waals surface area (Å²) in [4.78, 5) is 11.5. The molecule has 4 N–H and O–H groups in total. The topological polar surface area (TPSA) is 119 Å². The van der Waals surface area contributed by atoms with Crippen LogP contribution in [0.1, 0.15) is 6.23 Å². The number of aliphatic hydroxyl groups excluding tert-OH is 2. The van der Waals surface area contributed by atoms with E-state index < -0.39 is 31.2 Å². The first-order valence-electron chi connectivity index (χ1n) is 5.58. The predicted molar refractivity (Wildman–Crippen MR) is 60.5 cm³/mol. The van der Waals surface area contributed by atoms with E-state index >= 15 is 0 Å². The molecule has 1 aliphatic rings. The van der Waals surface area contributed by atoms with Gasteiger partial charge in [0, 0.05) is 38.2 Å². The van der Waals surface area contributed by atoms with Crippen LogP contribution in [0.3, 0.4) is 0 Å². The van der Waals surface area contributed by atoms with Gasteiger partial charge in [-0.15, -0.1) is 0 Å². The molecule has 0 saturated carbocycles. The van der Waals surface area contributed by atoms with Crippen molar-refractivity contribution in [1.82, 2.24) is 19.5 Å². The van der Waals surface area contributed by atoms with Gasteiger partial charge in [-0.3, -0.25) is 4.98 Å². The van der Waals surface area contributed by atoms with E-state index in [2.05, 4.69) is 21.1 Å². The number of imidazole rings is 1. The van der Waals surface area contributed by atoms with Gasteiger partial charge in [-0.2, -0.15) is 0 Å². The molecule has 20 heavy (non-hydrogen) atoms. The SMILES string of the molecule is Nc1n[c-]c2ncn([C@@H]3O[C@H](CO)[C@@H](O)[C@@H]3F)c2n1.[Y]. The number of aliphatic hydroxyl groups is 2. The Labute approximate surface area is 138 Å². The van der Waals surface area contributed by atoms with Gasteiger partial charge >= 0.3 is 0 Å². The van der Waals surface area contributed by atoms with Gasteiger partial charge in [-0.05, 0) is 6.20 Å². The molecule has 3 rings (SSSR count). The maximum absolute atomic E-state index is 14.0. The molecule has 2 aromatic rings. The van der Waals surface area contributed by atoms with Crippen LogP contribution in [0.2, 0.25) is 0 Å². The van der Waals surface area contributed by atoms with Crippen LogP contribution in [-0.4, -0.2) is 54.7 Å². The summed E-state index contributed by atoms with van der Waals surface area (Å²) in [5.41, 5.74) is 6.01. The summed E-state index contributed by atoms with van der Waals surface area (Å²) < 4.78 is 20.6. The van der Waals surface area contributed by atoms with Crippen molar-refractivity contribution in [2.24, 2.45) is 0 Å². The predicted octanol–water partition coefficient (Wildman–Crippen LogP) is -1.21. The van der Waals surface area contributed by atoms with Gasteiger partial charge in [0.25, 0.3) is 0 Å². The van der Waals surface area contributed by atoms with Crippen molar-refractivity contribution in [1.29, 1.82) is 0 Å². The number of nitrogens with two attached hydrogens (primary N) is 1. The van der Waals surface area contributed by atoms with Crippen molar-refractivity contribution in [3.8, 4) is 0 Å². The molecule has 0 bridgehead atoms. The maximum atomic E-state index is 14.0. The van der Waals surface area contributed by atoms with Crippen molar-refractivity contribution >= 4 is 17.1 Å². The molecule has 1 saturated heterocycles. The number of nitrogens with zero attached hydrogens (tertiary/aromatic N) is 4. The quantitative estimate of drug-likeness (QED) is 0.578. The van der Waals surface area contributed by atoms with Crippen molar-refractivity contribution < 1.29 is 52.0 Å². The van der Waals surface area contributed by atoms with Gasteiger partial charge in [-0.1, -0.05) is 0 Å². The van der Waals surface area contributed by atoms with E-state index in [9.17, 15) is 9.50 Å². The number of hydrogen-bond donors (Lipinski definition) is 3. The Morgan fingerprint density at radius 2 is 2.30 bits per heavy atom. The van der Waals surface area contributed by atoms with Crippen LogP contribution in [0.5, 0.6) is 0 Å². The number of nitrogen functional groups attached to an aromatic ring is 1. The number of ether oxygens (including phenoxy) is 1. The van der Waals surface area contributed by atoms with Gasteiger partial charge in [0.05, 0.1) is 18.6 Å². The Bertz CT molecular complexity index is 612. The number of hydrogen-bond acceptors (Lipinski definition) is 7. The average molecular weight is 357 g/mol. The monoisotopic (exact) mass is 357 g/mol. The van der Waals surface area contributed by atoms with Crippen LogP contribution >= 0.6 is 0 Å². The fraction of sp³-hybridized carbons (Fsp3) is 0.500. The molecule has 1 fully saturated rings. The van der Waals surface area contributed by atoms with Crippen LogP contribution in [-0.2, 0) is 37.4 Å². The van der Waals surface area contributed by atoms with E-state index in [0.717, 1.165) is 0 Å². The minimum atomic E-state index is -1.70. The molecule has 8 nitrogen and oxygen atoms in total. The summed E-state index contributed by atoms with van der Waals surface area (Å²) in [7, 11) is 0. The smallest absolute Gasteiger partial charge is 0.172 e. The van der Waals surface area contributed by atoms with E-state index in [4.69, 9.17) is 15.6 Å². The number of aromatic nitrogens is 4. The molecule has 10 heteroatoms.